The van der Waals surface area contributed by atoms with Crippen molar-refractivity contribution in [3.63, 3.8) is 0 Å². The van der Waals surface area contributed by atoms with Crippen LogP contribution in [0.15, 0.2) is 72.8 Å². The summed E-state index contributed by atoms with van der Waals surface area (Å²) in [5, 5.41) is 18.5. The highest BCUT2D eigenvalue weighted by molar-refractivity contribution is 6.04. The topological polar surface area (TPSA) is 108 Å². The number of amides is 3. The maximum Gasteiger partial charge on any atom is 0.250 e. The number of aliphatic hydroxyl groups is 1. The highest BCUT2D eigenvalue weighted by Gasteiger charge is 2.75. The van der Waals surface area contributed by atoms with Gasteiger partial charge in [0.05, 0.1) is 30.6 Å². The summed E-state index contributed by atoms with van der Waals surface area (Å²) in [6.45, 7) is 2.11. The van der Waals surface area contributed by atoms with Gasteiger partial charge in [-0.25, -0.2) is 0 Å². The minimum absolute atomic E-state index is 0.211. The summed E-state index contributed by atoms with van der Waals surface area (Å²) in [7, 11) is 0. The number of rotatable bonds is 8. The van der Waals surface area contributed by atoms with Crippen molar-refractivity contribution in [2.24, 2.45) is 11.8 Å². The second-order valence-corrected chi connectivity index (χ2v) is 10.8. The lowest BCUT2D eigenvalue weighted by Crippen LogP contribution is -2.54. The molecule has 3 N–H and O–H groups in total. The van der Waals surface area contributed by atoms with Gasteiger partial charge >= 0.3 is 0 Å². The van der Waals surface area contributed by atoms with Crippen molar-refractivity contribution in [3.05, 3.63) is 78.4 Å². The first-order chi connectivity index (χ1) is 19.0. The third-order valence-corrected chi connectivity index (χ3v) is 8.55. The first kappa shape index (κ1) is 25.5. The molecule has 8 nitrogen and oxygen atoms in total. The van der Waals surface area contributed by atoms with Gasteiger partial charge in [-0.2, -0.15) is 0 Å². The van der Waals surface area contributed by atoms with Crippen LogP contribution in [0, 0.1) is 11.8 Å². The molecule has 2 bridgehead atoms. The summed E-state index contributed by atoms with van der Waals surface area (Å²) in [5.41, 5.74) is 0.185. The highest BCUT2D eigenvalue weighted by atomic mass is 16.5. The first-order valence-electron chi connectivity index (χ1n) is 13.7. The zero-order valence-corrected chi connectivity index (χ0v) is 21.9. The van der Waals surface area contributed by atoms with Crippen LogP contribution in [0.2, 0.25) is 0 Å². The molecule has 3 saturated heterocycles. The van der Waals surface area contributed by atoms with E-state index >= 15 is 0 Å². The van der Waals surface area contributed by atoms with Gasteiger partial charge in [0, 0.05) is 12.2 Å². The molecule has 2 unspecified atom stereocenters. The van der Waals surface area contributed by atoms with Crippen molar-refractivity contribution in [1.29, 1.82) is 0 Å². The Bertz CT molecular complexity index is 1410. The number of nitrogens with zero attached hydrogens (tertiary/aromatic N) is 1. The van der Waals surface area contributed by atoms with Crippen LogP contribution in [0.1, 0.15) is 37.8 Å². The molecule has 3 aromatic rings. The van der Waals surface area contributed by atoms with Crippen molar-refractivity contribution in [1.82, 2.24) is 10.2 Å². The Labute approximate surface area is 227 Å². The molecular weight excluding hydrogens is 494 g/mol. The van der Waals surface area contributed by atoms with Gasteiger partial charge in [0.25, 0.3) is 0 Å². The minimum atomic E-state index is -1.14. The first-order valence-corrected chi connectivity index (χ1v) is 13.7. The van der Waals surface area contributed by atoms with Crippen LogP contribution >= 0.6 is 0 Å². The van der Waals surface area contributed by atoms with E-state index in [1.165, 1.54) is 4.90 Å². The molecule has 3 amide bonds. The number of carbonyl (C=O) groups excluding carboxylic acids is 3. The lowest BCUT2D eigenvalue weighted by Gasteiger charge is -2.36. The summed E-state index contributed by atoms with van der Waals surface area (Å²) in [6, 6.07) is 21.0. The monoisotopic (exact) mass is 527 g/mol. The number of ether oxygens (including phenoxy) is 1. The van der Waals surface area contributed by atoms with Gasteiger partial charge in [-0.15, -0.1) is 0 Å². The van der Waals surface area contributed by atoms with Crippen LogP contribution in [0.4, 0.5) is 5.69 Å². The quantitative estimate of drug-likeness (QED) is 0.416. The van der Waals surface area contributed by atoms with Gasteiger partial charge in [-0.3, -0.25) is 14.4 Å². The smallest absolute Gasteiger partial charge is 0.250 e. The van der Waals surface area contributed by atoms with E-state index in [0.717, 1.165) is 22.8 Å². The van der Waals surface area contributed by atoms with Gasteiger partial charge in [0.1, 0.15) is 11.6 Å². The van der Waals surface area contributed by atoms with Crippen LogP contribution in [-0.4, -0.2) is 58.6 Å². The van der Waals surface area contributed by atoms with E-state index in [4.69, 9.17) is 4.74 Å². The number of hydrogen-bond donors (Lipinski definition) is 3. The normalized spacial score (nSPS) is 27.9. The van der Waals surface area contributed by atoms with Crippen molar-refractivity contribution in [2.75, 3.05) is 18.5 Å². The molecule has 6 rings (SSSR count). The average molecular weight is 528 g/mol. The van der Waals surface area contributed by atoms with Gasteiger partial charge in [-0.1, -0.05) is 67.6 Å². The molecule has 0 aromatic heterocycles. The molecule has 0 saturated carbocycles. The van der Waals surface area contributed by atoms with E-state index in [9.17, 15) is 19.5 Å². The zero-order chi connectivity index (χ0) is 27.1. The third kappa shape index (κ3) is 4.10. The molecule has 3 fully saturated rings. The molecular formula is C31H33N3O5. The van der Waals surface area contributed by atoms with E-state index in [-0.39, 0.29) is 24.3 Å². The Hall–Kier alpha value is -3.75. The fraction of sp³-hybridized carbons (Fsp3) is 0.387. The number of anilines is 1. The van der Waals surface area contributed by atoms with Crippen LogP contribution in [-0.2, 0) is 19.1 Å². The Morgan fingerprint density at radius 3 is 2.54 bits per heavy atom. The Morgan fingerprint density at radius 1 is 1.05 bits per heavy atom. The fourth-order valence-corrected chi connectivity index (χ4v) is 6.90. The van der Waals surface area contributed by atoms with E-state index in [1.54, 1.807) is 0 Å². The van der Waals surface area contributed by atoms with Crippen molar-refractivity contribution < 1.29 is 24.2 Å². The molecule has 3 aliphatic heterocycles. The van der Waals surface area contributed by atoms with Crippen LogP contribution in [0.5, 0.6) is 0 Å². The molecule has 3 heterocycles. The zero-order valence-electron chi connectivity index (χ0n) is 21.9. The van der Waals surface area contributed by atoms with Crippen molar-refractivity contribution in [3.8, 4) is 0 Å². The predicted molar refractivity (Wildman–Crippen MR) is 147 cm³/mol. The number of carbonyl (C=O) groups is 3. The molecule has 39 heavy (non-hydrogen) atoms. The minimum Gasteiger partial charge on any atom is -0.394 e. The summed E-state index contributed by atoms with van der Waals surface area (Å²) >= 11 is 0. The van der Waals surface area contributed by atoms with Gasteiger partial charge < -0.3 is 25.4 Å². The number of likely N-dealkylation sites (tertiary alicyclic amines) is 1. The summed E-state index contributed by atoms with van der Waals surface area (Å²) in [6.07, 6.45) is 1.44. The fourth-order valence-electron chi connectivity index (χ4n) is 6.90. The number of hydrogen-bond acceptors (Lipinski definition) is 5. The predicted octanol–water partition coefficient (Wildman–Crippen LogP) is 3.41. The van der Waals surface area contributed by atoms with Gasteiger partial charge in [0.2, 0.25) is 17.7 Å². The van der Waals surface area contributed by atoms with Crippen molar-refractivity contribution >= 4 is 34.2 Å². The molecule has 3 aliphatic rings. The summed E-state index contributed by atoms with van der Waals surface area (Å²) in [4.78, 5) is 43.2. The number of nitrogens with one attached hydrogen (secondary N) is 2. The van der Waals surface area contributed by atoms with Crippen LogP contribution in [0.3, 0.4) is 0 Å². The molecule has 6 atom stereocenters. The lowest BCUT2D eigenvalue weighted by molar-refractivity contribution is -0.144. The number of fused-ring (bicyclic) bond motifs is 2. The summed E-state index contributed by atoms with van der Waals surface area (Å²) in [5.74, 6) is -2.38. The van der Waals surface area contributed by atoms with Crippen molar-refractivity contribution in [2.45, 2.75) is 50.0 Å². The largest absolute Gasteiger partial charge is 0.394 e. The maximum absolute atomic E-state index is 14.3. The second kappa shape index (κ2) is 10.1. The molecule has 1 spiro atoms. The maximum atomic E-state index is 14.3. The Balaban J connectivity index is 1.40. The number of benzene rings is 3. The molecule has 8 heteroatoms. The van der Waals surface area contributed by atoms with Crippen LogP contribution in [0.25, 0.3) is 10.8 Å². The molecule has 0 aliphatic carbocycles. The van der Waals surface area contributed by atoms with E-state index < -0.39 is 35.6 Å². The van der Waals surface area contributed by atoms with E-state index in [2.05, 4.69) is 10.6 Å². The van der Waals surface area contributed by atoms with E-state index in [0.29, 0.717) is 25.1 Å². The SMILES string of the molecule is CCCNC(=O)[C@@H]1[C@H]2C(=O)N([C@H](CO)c3ccccc3)C(C(=O)Nc3ccc4ccccc4c3)C23CC[C@H]1O3. The summed E-state index contributed by atoms with van der Waals surface area (Å²) < 4.78 is 6.50. The van der Waals surface area contributed by atoms with E-state index in [1.807, 2.05) is 79.7 Å². The standard InChI is InChI=1S/C31H33N3O5/c1-2-16-32-28(36)25-24-14-15-31(39-24)26(25)30(38)34(23(18-35)20-9-4-3-5-10-20)27(31)29(37)33-22-13-12-19-8-6-7-11-21(19)17-22/h3-13,17,23-27,35H,2,14-16,18H2,1H3,(H,32,36)(H,33,37)/t23-,24-,25+,26+,27?,31?/m1/s1. The Morgan fingerprint density at radius 2 is 1.79 bits per heavy atom. The highest BCUT2D eigenvalue weighted by Crippen LogP contribution is 2.59. The molecule has 3 aromatic carbocycles. The third-order valence-electron chi connectivity index (χ3n) is 8.55. The molecule has 202 valence electrons. The molecule has 0 radical (unpaired) electrons. The second-order valence-electron chi connectivity index (χ2n) is 10.8. The van der Waals surface area contributed by atoms with Gasteiger partial charge in [-0.05, 0) is 47.7 Å². The lowest BCUT2D eigenvalue weighted by atomic mass is 9.70. The van der Waals surface area contributed by atoms with Gasteiger partial charge in [0.15, 0.2) is 0 Å². The average Bonchev–Trinajstić information content (AvgIpc) is 3.60. The Kier molecular flexibility index (Phi) is 6.61. The van der Waals surface area contributed by atoms with Crippen LogP contribution < -0.4 is 10.6 Å². The number of aliphatic hydroxyl groups excluding tert-OH is 1.